The highest BCUT2D eigenvalue weighted by Crippen LogP contribution is 2.32. The van der Waals surface area contributed by atoms with Crippen molar-refractivity contribution in [2.45, 2.75) is 45.6 Å². The zero-order valence-electron chi connectivity index (χ0n) is 12.8. The normalized spacial score (nSPS) is 14.9. The molecule has 1 fully saturated rings. The Kier molecular flexibility index (Phi) is 4.35. The number of anilines is 1. The molecule has 3 nitrogen and oxygen atoms in total. The number of aromatic nitrogens is 1. The van der Waals surface area contributed by atoms with E-state index in [4.69, 9.17) is 17.1 Å². The van der Waals surface area contributed by atoms with Gasteiger partial charge in [0, 0.05) is 24.2 Å². The molecule has 0 spiro atoms. The Balaban J connectivity index is 2.34. The van der Waals surface area contributed by atoms with Crippen molar-refractivity contribution in [3.8, 4) is 12.3 Å². The SMILES string of the molecule is C#CCN(CC1CC1)c1cc(CN)cc(C(C)(C)C)n1. The van der Waals surface area contributed by atoms with Crippen LogP contribution in [0.25, 0.3) is 0 Å². The van der Waals surface area contributed by atoms with Gasteiger partial charge >= 0.3 is 0 Å². The fourth-order valence-electron chi connectivity index (χ4n) is 2.20. The Morgan fingerprint density at radius 2 is 2.10 bits per heavy atom. The van der Waals surface area contributed by atoms with Gasteiger partial charge in [-0.25, -0.2) is 4.98 Å². The minimum atomic E-state index is 0.0152. The van der Waals surface area contributed by atoms with Gasteiger partial charge in [-0.15, -0.1) is 6.42 Å². The lowest BCUT2D eigenvalue weighted by Gasteiger charge is -2.25. The molecule has 0 radical (unpaired) electrons. The van der Waals surface area contributed by atoms with E-state index in [1.807, 2.05) is 0 Å². The summed E-state index contributed by atoms with van der Waals surface area (Å²) in [6.07, 6.45) is 8.13. The van der Waals surface area contributed by atoms with Crippen molar-refractivity contribution in [2.75, 3.05) is 18.0 Å². The minimum Gasteiger partial charge on any atom is -0.345 e. The van der Waals surface area contributed by atoms with E-state index in [0.29, 0.717) is 13.1 Å². The molecular formula is C17H25N3. The number of hydrogen-bond acceptors (Lipinski definition) is 3. The Labute approximate surface area is 122 Å². The summed E-state index contributed by atoms with van der Waals surface area (Å²) in [6, 6.07) is 4.18. The Morgan fingerprint density at radius 3 is 2.60 bits per heavy atom. The van der Waals surface area contributed by atoms with Crippen LogP contribution in [0.1, 0.15) is 44.9 Å². The van der Waals surface area contributed by atoms with Gasteiger partial charge in [0.05, 0.1) is 6.54 Å². The smallest absolute Gasteiger partial charge is 0.129 e. The quantitative estimate of drug-likeness (QED) is 0.837. The van der Waals surface area contributed by atoms with Crippen LogP contribution < -0.4 is 10.6 Å². The van der Waals surface area contributed by atoms with Crippen LogP contribution in [0, 0.1) is 18.3 Å². The third-order valence-electron chi connectivity index (χ3n) is 3.66. The summed E-state index contributed by atoms with van der Waals surface area (Å²) in [5.74, 6) is 4.51. The fraction of sp³-hybridized carbons (Fsp3) is 0.588. The van der Waals surface area contributed by atoms with Crippen LogP contribution in [-0.2, 0) is 12.0 Å². The second-order valence-corrected chi connectivity index (χ2v) is 6.70. The number of nitrogens with two attached hydrogens (primary N) is 1. The molecule has 20 heavy (non-hydrogen) atoms. The second kappa shape index (κ2) is 5.85. The molecule has 0 amide bonds. The number of rotatable bonds is 5. The number of hydrogen-bond donors (Lipinski definition) is 1. The van der Waals surface area contributed by atoms with Crippen LogP contribution >= 0.6 is 0 Å². The van der Waals surface area contributed by atoms with Crippen molar-refractivity contribution in [1.29, 1.82) is 0 Å². The van der Waals surface area contributed by atoms with E-state index in [-0.39, 0.29) is 5.41 Å². The summed E-state index contributed by atoms with van der Waals surface area (Å²) in [7, 11) is 0. The van der Waals surface area contributed by atoms with Gasteiger partial charge < -0.3 is 10.6 Å². The van der Waals surface area contributed by atoms with Gasteiger partial charge in [-0.05, 0) is 36.5 Å². The molecule has 2 rings (SSSR count). The van der Waals surface area contributed by atoms with Gasteiger partial charge in [-0.1, -0.05) is 26.7 Å². The maximum Gasteiger partial charge on any atom is 0.129 e. The molecule has 0 unspecified atom stereocenters. The molecule has 1 heterocycles. The summed E-state index contributed by atoms with van der Waals surface area (Å²) in [5.41, 5.74) is 8.05. The van der Waals surface area contributed by atoms with Crippen LogP contribution in [0.5, 0.6) is 0 Å². The number of pyridine rings is 1. The average molecular weight is 271 g/mol. The molecular weight excluding hydrogens is 246 g/mol. The average Bonchev–Trinajstić information content (AvgIpc) is 3.20. The lowest BCUT2D eigenvalue weighted by Crippen LogP contribution is -2.28. The molecule has 1 aromatic heterocycles. The second-order valence-electron chi connectivity index (χ2n) is 6.70. The standard InChI is InChI=1S/C17H25N3/c1-5-8-20(12-13-6-7-13)16-10-14(11-18)9-15(19-16)17(2,3)4/h1,9-10,13H,6-8,11-12,18H2,2-4H3. The van der Waals surface area contributed by atoms with E-state index in [2.05, 4.69) is 43.7 Å². The van der Waals surface area contributed by atoms with Crippen molar-refractivity contribution >= 4 is 5.82 Å². The van der Waals surface area contributed by atoms with Gasteiger partial charge in [-0.3, -0.25) is 0 Å². The van der Waals surface area contributed by atoms with Crippen LogP contribution in [0.3, 0.4) is 0 Å². The van der Waals surface area contributed by atoms with E-state index in [1.165, 1.54) is 12.8 Å². The van der Waals surface area contributed by atoms with Crippen molar-refractivity contribution in [2.24, 2.45) is 11.7 Å². The van der Waals surface area contributed by atoms with Gasteiger partial charge in [-0.2, -0.15) is 0 Å². The first-order chi connectivity index (χ1) is 9.44. The maximum atomic E-state index is 5.83. The largest absolute Gasteiger partial charge is 0.345 e. The molecule has 2 N–H and O–H groups in total. The van der Waals surface area contributed by atoms with Crippen molar-refractivity contribution in [3.63, 3.8) is 0 Å². The zero-order chi connectivity index (χ0) is 14.8. The molecule has 0 bridgehead atoms. The van der Waals surface area contributed by atoms with E-state index < -0.39 is 0 Å². The minimum absolute atomic E-state index is 0.0152. The predicted octanol–water partition coefficient (Wildman–Crippen LogP) is 2.69. The zero-order valence-corrected chi connectivity index (χ0v) is 12.8. The molecule has 0 aliphatic heterocycles. The summed E-state index contributed by atoms with van der Waals surface area (Å²) in [6.45, 7) is 8.67. The third-order valence-corrected chi connectivity index (χ3v) is 3.66. The Hall–Kier alpha value is -1.53. The summed E-state index contributed by atoms with van der Waals surface area (Å²) in [5, 5.41) is 0. The van der Waals surface area contributed by atoms with Crippen LogP contribution in [-0.4, -0.2) is 18.1 Å². The third kappa shape index (κ3) is 3.74. The first-order valence-electron chi connectivity index (χ1n) is 7.34. The fourth-order valence-corrected chi connectivity index (χ4v) is 2.20. The van der Waals surface area contributed by atoms with Crippen LogP contribution in [0.15, 0.2) is 12.1 Å². The monoisotopic (exact) mass is 271 g/mol. The first-order valence-corrected chi connectivity index (χ1v) is 7.34. The Bertz CT molecular complexity index is 504. The highest BCUT2D eigenvalue weighted by molar-refractivity contribution is 5.45. The van der Waals surface area contributed by atoms with Crippen LogP contribution in [0.4, 0.5) is 5.82 Å². The van der Waals surface area contributed by atoms with Gasteiger partial charge in [0.1, 0.15) is 5.82 Å². The number of nitrogens with zero attached hydrogens (tertiary/aromatic N) is 2. The molecule has 1 saturated carbocycles. The molecule has 0 saturated heterocycles. The van der Waals surface area contributed by atoms with Gasteiger partial charge in [0.25, 0.3) is 0 Å². The highest BCUT2D eigenvalue weighted by Gasteiger charge is 2.25. The molecule has 0 atom stereocenters. The lowest BCUT2D eigenvalue weighted by molar-refractivity contribution is 0.566. The van der Waals surface area contributed by atoms with E-state index in [9.17, 15) is 0 Å². The topological polar surface area (TPSA) is 42.1 Å². The van der Waals surface area contributed by atoms with Gasteiger partial charge in [0.2, 0.25) is 0 Å². The highest BCUT2D eigenvalue weighted by atomic mass is 15.2. The number of terminal acetylenes is 1. The Morgan fingerprint density at radius 1 is 1.40 bits per heavy atom. The van der Waals surface area contributed by atoms with Crippen molar-refractivity contribution in [1.82, 2.24) is 4.98 Å². The van der Waals surface area contributed by atoms with E-state index >= 15 is 0 Å². The molecule has 108 valence electrons. The molecule has 3 heteroatoms. The molecule has 0 aromatic carbocycles. The lowest BCUT2D eigenvalue weighted by atomic mass is 9.90. The van der Waals surface area contributed by atoms with E-state index in [0.717, 1.165) is 29.5 Å². The summed E-state index contributed by atoms with van der Waals surface area (Å²) >= 11 is 0. The van der Waals surface area contributed by atoms with Crippen molar-refractivity contribution in [3.05, 3.63) is 23.4 Å². The van der Waals surface area contributed by atoms with Gasteiger partial charge in [0.15, 0.2) is 0 Å². The summed E-state index contributed by atoms with van der Waals surface area (Å²) in [4.78, 5) is 7.04. The maximum absolute atomic E-state index is 5.83. The molecule has 1 aliphatic carbocycles. The summed E-state index contributed by atoms with van der Waals surface area (Å²) < 4.78 is 0. The van der Waals surface area contributed by atoms with Crippen molar-refractivity contribution < 1.29 is 0 Å². The predicted molar refractivity (Wildman–Crippen MR) is 84.6 cm³/mol. The molecule has 1 aromatic rings. The van der Waals surface area contributed by atoms with Crippen LogP contribution in [0.2, 0.25) is 0 Å². The first kappa shape index (κ1) is 14.9. The molecule has 1 aliphatic rings. The van der Waals surface area contributed by atoms with E-state index in [1.54, 1.807) is 0 Å².